The van der Waals surface area contributed by atoms with Crippen molar-refractivity contribution in [1.29, 1.82) is 0 Å². The SMILES string of the molecule is CCCC1CCC(c2ccc(CCc3ccc(-c4cc(F)c(C(F)(F)F)c(F)c4)c(F)c3)c(F)c2F)CC1. The summed E-state index contributed by atoms with van der Waals surface area (Å²) in [5.41, 5.74) is -1.74. The van der Waals surface area contributed by atoms with Gasteiger partial charge in [0.2, 0.25) is 0 Å². The summed E-state index contributed by atoms with van der Waals surface area (Å²) in [5.74, 6) is -5.69. The normalized spacial score (nSPS) is 18.1. The molecule has 0 spiro atoms. The van der Waals surface area contributed by atoms with E-state index in [1.807, 2.05) is 0 Å². The Morgan fingerprint density at radius 1 is 0.737 bits per heavy atom. The first kappa shape index (κ1) is 28.1. The maximum atomic E-state index is 14.9. The van der Waals surface area contributed by atoms with Crippen LogP contribution in [0.15, 0.2) is 42.5 Å². The quantitative estimate of drug-likeness (QED) is 0.262. The van der Waals surface area contributed by atoms with E-state index in [1.54, 1.807) is 12.1 Å². The minimum absolute atomic E-state index is 0.00633. The van der Waals surface area contributed by atoms with Gasteiger partial charge >= 0.3 is 6.18 Å². The topological polar surface area (TPSA) is 0 Å². The lowest BCUT2D eigenvalue weighted by molar-refractivity contribution is -0.142. The third kappa shape index (κ3) is 6.05. The molecule has 3 aromatic carbocycles. The number of alkyl halides is 3. The van der Waals surface area contributed by atoms with Gasteiger partial charge < -0.3 is 0 Å². The molecule has 0 heterocycles. The van der Waals surface area contributed by atoms with Crippen LogP contribution in [0.5, 0.6) is 0 Å². The van der Waals surface area contributed by atoms with E-state index in [0.29, 0.717) is 29.2 Å². The van der Waals surface area contributed by atoms with Gasteiger partial charge in [-0.3, -0.25) is 0 Å². The molecule has 0 N–H and O–H groups in total. The Hall–Kier alpha value is -2.90. The summed E-state index contributed by atoms with van der Waals surface area (Å²) >= 11 is 0. The van der Waals surface area contributed by atoms with Crippen molar-refractivity contribution < 1.29 is 35.1 Å². The number of aryl methyl sites for hydroxylation is 2. The van der Waals surface area contributed by atoms with Gasteiger partial charge in [0.25, 0.3) is 0 Å². The van der Waals surface area contributed by atoms with Crippen LogP contribution in [0.3, 0.4) is 0 Å². The summed E-state index contributed by atoms with van der Waals surface area (Å²) in [5, 5.41) is 0. The fourth-order valence-corrected chi connectivity index (χ4v) is 5.51. The van der Waals surface area contributed by atoms with Crippen molar-refractivity contribution in [2.45, 2.75) is 70.4 Å². The van der Waals surface area contributed by atoms with Crippen LogP contribution in [0.2, 0.25) is 0 Å². The predicted octanol–water partition coefficient (Wildman–Crippen LogP) is 9.93. The van der Waals surface area contributed by atoms with Crippen LogP contribution in [0, 0.1) is 35.0 Å². The Morgan fingerprint density at radius 2 is 1.39 bits per heavy atom. The molecular formula is C30H28F8. The molecule has 0 unspecified atom stereocenters. The second kappa shape index (κ2) is 11.5. The summed E-state index contributed by atoms with van der Waals surface area (Å²) in [6.07, 6.45) is 0.976. The first-order valence-corrected chi connectivity index (χ1v) is 12.8. The third-order valence-corrected chi connectivity index (χ3v) is 7.53. The van der Waals surface area contributed by atoms with E-state index in [9.17, 15) is 35.1 Å². The Balaban J connectivity index is 1.46. The zero-order valence-corrected chi connectivity index (χ0v) is 20.9. The largest absolute Gasteiger partial charge is 0.422 e. The highest BCUT2D eigenvalue weighted by Gasteiger charge is 2.38. The van der Waals surface area contributed by atoms with E-state index in [4.69, 9.17) is 0 Å². The summed E-state index contributed by atoms with van der Waals surface area (Å²) in [6, 6.07) is 7.75. The molecule has 0 atom stereocenters. The zero-order chi connectivity index (χ0) is 27.6. The molecule has 204 valence electrons. The predicted molar refractivity (Wildman–Crippen MR) is 130 cm³/mol. The van der Waals surface area contributed by atoms with Gasteiger partial charge in [-0.15, -0.1) is 0 Å². The van der Waals surface area contributed by atoms with E-state index in [2.05, 4.69) is 6.92 Å². The molecule has 0 aliphatic heterocycles. The molecule has 0 bridgehead atoms. The molecule has 0 radical (unpaired) electrons. The van der Waals surface area contributed by atoms with Crippen molar-refractivity contribution in [2.24, 2.45) is 5.92 Å². The fraction of sp³-hybridized carbons (Fsp3) is 0.400. The number of benzene rings is 3. The summed E-state index contributed by atoms with van der Waals surface area (Å²) in [7, 11) is 0. The minimum atomic E-state index is -5.23. The van der Waals surface area contributed by atoms with Crippen LogP contribution in [-0.2, 0) is 19.0 Å². The Bertz CT molecular complexity index is 1260. The minimum Gasteiger partial charge on any atom is -0.206 e. The van der Waals surface area contributed by atoms with Crippen LogP contribution < -0.4 is 0 Å². The van der Waals surface area contributed by atoms with Crippen LogP contribution in [0.1, 0.15) is 73.6 Å². The van der Waals surface area contributed by atoms with Crippen LogP contribution in [-0.4, -0.2) is 0 Å². The fourth-order valence-electron chi connectivity index (χ4n) is 5.51. The van der Waals surface area contributed by atoms with Crippen molar-refractivity contribution in [3.8, 4) is 11.1 Å². The number of hydrogen-bond donors (Lipinski definition) is 0. The van der Waals surface area contributed by atoms with Gasteiger partial charge in [0, 0.05) is 5.56 Å². The zero-order valence-electron chi connectivity index (χ0n) is 20.9. The average molecular weight is 541 g/mol. The average Bonchev–Trinajstić information content (AvgIpc) is 2.84. The van der Waals surface area contributed by atoms with Gasteiger partial charge in [-0.2, -0.15) is 13.2 Å². The maximum absolute atomic E-state index is 14.9. The number of rotatable bonds is 7. The lowest BCUT2D eigenvalue weighted by Crippen LogP contribution is -2.15. The lowest BCUT2D eigenvalue weighted by atomic mass is 9.77. The molecule has 0 aromatic heterocycles. The Morgan fingerprint density at radius 3 is 1.97 bits per heavy atom. The monoisotopic (exact) mass is 540 g/mol. The van der Waals surface area contributed by atoms with Gasteiger partial charge in [-0.25, -0.2) is 22.0 Å². The van der Waals surface area contributed by atoms with Crippen molar-refractivity contribution in [2.75, 3.05) is 0 Å². The highest BCUT2D eigenvalue weighted by molar-refractivity contribution is 5.65. The molecule has 1 aliphatic rings. The van der Waals surface area contributed by atoms with E-state index >= 15 is 0 Å². The summed E-state index contributed by atoms with van der Waals surface area (Å²) < 4.78 is 111. The van der Waals surface area contributed by atoms with E-state index in [1.165, 1.54) is 12.1 Å². The molecule has 4 rings (SSSR count). The smallest absolute Gasteiger partial charge is 0.206 e. The molecule has 0 nitrogen and oxygen atoms in total. The number of halogens is 8. The van der Waals surface area contributed by atoms with E-state index in [-0.39, 0.29) is 35.4 Å². The summed E-state index contributed by atoms with van der Waals surface area (Å²) in [6.45, 7) is 2.14. The highest BCUT2D eigenvalue weighted by atomic mass is 19.4. The van der Waals surface area contributed by atoms with Crippen molar-refractivity contribution >= 4 is 0 Å². The molecule has 0 amide bonds. The lowest BCUT2D eigenvalue weighted by Gasteiger charge is -2.29. The van der Waals surface area contributed by atoms with Gasteiger partial charge in [0.15, 0.2) is 11.6 Å². The van der Waals surface area contributed by atoms with Gasteiger partial charge in [-0.05, 0) is 90.8 Å². The van der Waals surface area contributed by atoms with Gasteiger partial charge in [0.1, 0.15) is 23.0 Å². The van der Waals surface area contributed by atoms with Crippen LogP contribution >= 0.6 is 0 Å². The first-order valence-electron chi connectivity index (χ1n) is 12.8. The van der Waals surface area contributed by atoms with E-state index < -0.39 is 40.8 Å². The molecule has 0 saturated heterocycles. The Kier molecular flexibility index (Phi) is 8.48. The molecule has 3 aromatic rings. The van der Waals surface area contributed by atoms with Gasteiger partial charge in [0.05, 0.1) is 0 Å². The number of hydrogen-bond acceptors (Lipinski definition) is 0. The molecule has 38 heavy (non-hydrogen) atoms. The molecule has 1 saturated carbocycles. The molecule has 1 fully saturated rings. The standard InChI is InChI=1S/C30H28F8/c1-2-3-17-4-8-19(9-5-17)23-13-11-20(28(34)29(23)35)10-6-18-7-12-22(24(31)14-18)21-15-25(32)27(26(33)16-21)30(36,37)38/h7,11-17,19H,2-6,8-10H2,1H3. The second-order valence-corrected chi connectivity index (χ2v) is 10.1. The molecule has 1 aliphatic carbocycles. The van der Waals surface area contributed by atoms with Crippen molar-refractivity contribution in [3.63, 3.8) is 0 Å². The Labute approximate surface area is 216 Å². The molecular weight excluding hydrogens is 512 g/mol. The van der Waals surface area contributed by atoms with Crippen molar-refractivity contribution in [3.05, 3.63) is 93.8 Å². The maximum Gasteiger partial charge on any atom is 0.422 e. The van der Waals surface area contributed by atoms with Gasteiger partial charge in [-0.1, -0.05) is 44.0 Å². The van der Waals surface area contributed by atoms with Crippen LogP contribution in [0.4, 0.5) is 35.1 Å². The third-order valence-electron chi connectivity index (χ3n) is 7.53. The molecule has 8 heteroatoms. The summed E-state index contributed by atoms with van der Waals surface area (Å²) in [4.78, 5) is 0. The van der Waals surface area contributed by atoms with Crippen molar-refractivity contribution in [1.82, 2.24) is 0 Å². The second-order valence-electron chi connectivity index (χ2n) is 10.1. The van der Waals surface area contributed by atoms with E-state index in [0.717, 1.165) is 44.6 Å². The first-order chi connectivity index (χ1) is 18.0. The highest BCUT2D eigenvalue weighted by Crippen LogP contribution is 2.39. The van der Waals surface area contributed by atoms with Crippen LogP contribution in [0.25, 0.3) is 11.1 Å².